The minimum Gasteiger partial charge on any atom is -0.464 e. The monoisotopic (exact) mass is 261 g/mol. The predicted octanol–water partition coefficient (Wildman–Crippen LogP) is 0.781. The van der Waals surface area contributed by atoms with Crippen molar-refractivity contribution >= 4 is 21.9 Å². The number of esters is 1. The van der Waals surface area contributed by atoms with Crippen molar-refractivity contribution in [3.63, 3.8) is 0 Å². The van der Waals surface area contributed by atoms with Crippen LogP contribution < -0.4 is 5.73 Å². The first-order valence-electron chi connectivity index (χ1n) is 4.20. The van der Waals surface area contributed by atoms with Gasteiger partial charge in [0.05, 0.1) is 7.11 Å². The smallest absolute Gasteiger partial charge is 0.356 e. The van der Waals surface area contributed by atoms with E-state index in [0.29, 0.717) is 23.4 Å². The average Bonchev–Trinajstić information content (AvgIpc) is 2.55. The molecule has 0 aliphatic heterocycles. The molecule has 2 N–H and O–H groups in total. The third-order valence-corrected chi connectivity index (χ3v) is 2.11. The molecule has 0 fully saturated rings. The quantitative estimate of drug-likeness (QED) is 0.814. The highest BCUT2D eigenvalue weighted by atomic mass is 79.9. The lowest BCUT2D eigenvalue weighted by Crippen LogP contribution is -2.14. The lowest BCUT2D eigenvalue weighted by atomic mass is 10.4. The zero-order chi connectivity index (χ0) is 10.6. The van der Waals surface area contributed by atoms with E-state index in [0.717, 1.165) is 6.42 Å². The van der Waals surface area contributed by atoms with Crippen LogP contribution in [0.15, 0.2) is 10.7 Å². The van der Waals surface area contributed by atoms with Gasteiger partial charge in [0.25, 0.3) is 0 Å². The van der Waals surface area contributed by atoms with Crippen LogP contribution in [0.1, 0.15) is 16.9 Å². The third-order valence-electron chi connectivity index (χ3n) is 1.72. The Morgan fingerprint density at radius 3 is 3.07 bits per heavy atom. The fourth-order valence-corrected chi connectivity index (χ4v) is 1.47. The van der Waals surface area contributed by atoms with Crippen LogP contribution in [-0.4, -0.2) is 29.4 Å². The number of halogens is 1. The van der Waals surface area contributed by atoms with E-state index in [4.69, 9.17) is 5.73 Å². The van der Waals surface area contributed by atoms with E-state index in [1.165, 1.54) is 7.11 Å². The third kappa shape index (κ3) is 2.55. The summed E-state index contributed by atoms with van der Waals surface area (Å²) < 4.78 is 6.82. The number of rotatable bonds is 4. The molecule has 0 radical (unpaired) electrons. The Morgan fingerprint density at radius 2 is 2.50 bits per heavy atom. The molecule has 1 heterocycles. The molecule has 0 unspecified atom stereocenters. The highest BCUT2D eigenvalue weighted by Crippen LogP contribution is 2.12. The average molecular weight is 262 g/mol. The second-order valence-corrected chi connectivity index (χ2v) is 3.52. The molecule has 0 atom stereocenters. The molecule has 6 heteroatoms. The minimum absolute atomic E-state index is 0.389. The molecular weight excluding hydrogens is 250 g/mol. The second-order valence-electron chi connectivity index (χ2n) is 2.71. The van der Waals surface area contributed by atoms with Crippen molar-refractivity contribution in [3.05, 3.63) is 16.4 Å². The maximum absolute atomic E-state index is 11.3. The van der Waals surface area contributed by atoms with Gasteiger partial charge in [-0.3, -0.25) is 4.68 Å². The van der Waals surface area contributed by atoms with Crippen LogP contribution in [0.2, 0.25) is 0 Å². The predicted molar refractivity (Wildman–Crippen MR) is 54.9 cm³/mol. The molecular formula is C8H12BrN3O2. The minimum atomic E-state index is -0.389. The highest BCUT2D eigenvalue weighted by molar-refractivity contribution is 9.10. The zero-order valence-corrected chi connectivity index (χ0v) is 9.45. The number of carbonyl (C=O) groups is 1. The second kappa shape index (κ2) is 5.11. The highest BCUT2D eigenvalue weighted by Gasteiger charge is 2.13. The number of nitrogens with zero attached hydrogens (tertiary/aromatic N) is 2. The topological polar surface area (TPSA) is 70.1 Å². The molecule has 0 aliphatic rings. The van der Waals surface area contributed by atoms with E-state index in [9.17, 15) is 4.79 Å². The van der Waals surface area contributed by atoms with Gasteiger partial charge >= 0.3 is 5.97 Å². The van der Waals surface area contributed by atoms with Crippen molar-refractivity contribution in [2.45, 2.75) is 13.0 Å². The molecule has 5 nitrogen and oxygen atoms in total. The lowest BCUT2D eigenvalue weighted by Gasteiger charge is -2.03. The Balaban J connectivity index is 2.85. The van der Waals surface area contributed by atoms with E-state index < -0.39 is 0 Å². The van der Waals surface area contributed by atoms with Crippen molar-refractivity contribution in [1.82, 2.24) is 9.78 Å². The summed E-state index contributed by atoms with van der Waals surface area (Å²) in [6.45, 7) is 1.19. The molecule has 1 rings (SSSR count). The number of ether oxygens (including phenoxy) is 1. The molecule has 1 aromatic rings. The fourth-order valence-electron chi connectivity index (χ4n) is 1.07. The summed E-state index contributed by atoms with van der Waals surface area (Å²) in [5.41, 5.74) is 5.81. The van der Waals surface area contributed by atoms with Crippen molar-refractivity contribution in [2.75, 3.05) is 13.7 Å². The van der Waals surface area contributed by atoms with E-state index in [1.54, 1.807) is 10.7 Å². The number of aryl methyl sites for hydroxylation is 1. The van der Waals surface area contributed by atoms with Crippen LogP contribution in [0.3, 0.4) is 0 Å². The van der Waals surface area contributed by atoms with Crippen LogP contribution in [0.25, 0.3) is 0 Å². The van der Waals surface area contributed by atoms with Crippen molar-refractivity contribution < 1.29 is 9.53 Å². The van der Waals surface area contributed by atoms with Gasteiger partial charge in [-0.15, -0.1) is 0 Å². The van der Waals surface area contributed by atoms with Crippen molar-refractivity contribution in [1.29, 1.82) is 0 Å². The normalized spacial score (nSPS) is 10.2. The Bertz CT molecular complexity index is 324. The van der Waals surface area contributed by atoms with Gasteiger partial charge in [0.2, 0.25) is 0 Å². The maximum atomic E-state index is 11.3. The SMILES string of the molecule is COC(=O)c1cc(Br)nn1CCCN. The first kappa shape index (κ1) is 11.2. The summed E-state index contributed by atoms with van der Waals surface area (Å²) in [5, 5.41) is 4.09. The van der Waals surface area contributed by atoms with Gasteiger partial charge in [0, 0.05) is 12.6 Å². The number of carbonyl (C=O) groups excluding carboxylic acids is 1. The summed E-state index contributed by atoms with van der Waals surface area (Å²) in [5.74, 6) is -0.389. The van der Waals surface area contributed by atoms with Gasteiger partial charge in [0.15, 0.2) is 0 Å². The summed E-state index contributed by atoms with van der Waals surface area (Å²) in [7, 11) is 1.34. The van der Waals surface area contributed by atoms with Crippen LogP contribution in [0.5, 0.6) is 0 Å². The number of nitrogens with two attached hydrogens (primary N) is 1. The Labute approximate surface area is 90.3 Å². The summed E-state index contributed by atoms with van der Waals surface area (Å²) >= 11 is 3.20. The van der Waals surface area contributed by atoms with Crippen LogP contribution in [-0.2, 0) is 11.3 Å². The fraction of sp³-hybridized carbons (Fsp3) is 0.500. The number of methoxy groups -OCH3 is 1. The van der Waals surface area contributed by atoms with Crippen molar-refractivity contribution in [2.24, 2.45) is 5.73 Å². The van der Waals surface area contributed by atoms with E-state index in [1.807, 2.05) is 0 Å². The molecule has 0 saturated heterocycles. The molecule has 78 valence electrons. The first-order chi connectivity index (χ1) is 6.69. The number of hydrogen-bond donors (Lipinski definition) is 1. The van der Waals surface area contributed by atoms with E-state index in [2.05, 4.69) is 25.8 Å². The standard InChI is InChI=1S/C8H12BrN3O2/c1-14-8(13)6-5-7(9)11-12(6)4-2-3-10/h5H,2-4,10H2,1H3. The summed E-state index contributed by atoms with van der Waals surface area (Å²) in [6, 6.07) is 1.63. The van der Waals surface area contributed by atoms with E-state index in [-0.39, 0.29) is 5.97 Å². The molecule has 14 heavy (non-hydrogen) atoms. The van der Waals surface area contributed by atoms with Crippen LogP contribution in [0, 0.1) is 0 Å². The Kier molecular flexibility index (Phi) is 4.09. The van der Waals surface area contributed by atoms with Crippen LogP contribution >= 0.6 is 15.9 Å². The van der Waals surface area contributed by atoms with Gasteiger partial charge in [0.1, 0.15) is 10.3 Å². The number of aromatic nitrogens is 2. The molecule has 0 aliphatic carbocycles. The van der Waals surface area contributed by atoms with Crippen molar-refractivity contribution in [3.8, 4) is 0 Å². The molecule has 0 aromatic carbocycles. The maximum Gasteiger partial charge on any atom is 0.356 e. The molecule has 0 spiro atoms. The Hall–Kier alpha value is -0.880. The van der Waals surface area contributed by atoms with Gasteiger partial charge < -0.3 is 10.5 Å². The summed E-state index contributed by atoms with van der Waals surface area (Å²) in [4.78, 5) is 11.3. The van der Waals surface area contributed by atoms with Gasteiger partial charge in [-0.05, 0) is 28.9 Å². The lowest BCUT2D eigenvalue weighted by molar-refractivity contribution is 0.0586. The molecule has 0 bridgehead atoms. The van der Waals surface area contributed by atoms with Crippen LogP contribution in [0.4, 0.5) is 0 Å². The largest absolute Gasteiger partial charge is 0.464 e. The molecule has 1 aromatic heterocycles. The van der Waals surface area contributed by atoms with Gasteiger partial charge in [-0.2, -0.15) is 5.10 Å². The van der Waals surface area contributed by atoms with Gasteiger partial charge in [-0.1, -0.05) is 0 Å². The summed E-state index contributed by atoms with van der Waals surface area (Å²) in [6.07, 6.45) is 0.776. The molecule has 0 amide bonds. The number of hydrogen-bond acceptors (Lipinski definition) is 4. The first-order valence-corrected chi connectivity index (χ1v) is 5.00. The zero-order valence-electron chi connectivity index (χ0n) is 7.86. The van der Waals surface area contributed by atoms with E-state index >= 15 is 0 Å². The Morgan fingerprint density at radius 1 is 1.79 bits per heavy atom. The molecule has 0 saturated carbocycles. The van der Waals surface area contributed by atoms with Gasteiger partial charge in [-0.25, -0.2) is 4.79 Å².